The third kappa shape index (κ3) is 4.73. The van der Waals surface area contributed by atoms with E-state index in [1.807, 2.05) is 30.3 Å². The van der Waals surface area contributed by atoms with E-state index >= 15 is 0 Å². The lowest BCUT2D eigenvalue weighted by molar-refractivity contribution is -0.709. The second-order valence-corrected chi connectivity index (χ2v) is 5.43. The highest BCUT2D eigenvalue weighted by Crippen LogP contribution is 2.30. The van der Waals surface area contributed by atoms with E-state index in [1.54, 1.807) is 24.3 Å². The maximum absolute atomic E-state index is 9.11. The summed E-state index contributed by atoms with van der Waals surface area (Å²) >= 11 is 0. The van der Waals surface area contributed by atoms with Crippen molar-refractivity contribution in [2.45, 2.75) is 46.5 Å². The van der Waals surface area contributed by atoms with Crippen molar-refractivity contribution < 1.29 is 9.95 Å². The minimum atomic E-state index is 0. The van der Waals surface area contributed by atoms with Crippen LogP contribution in [-0.2, 0) is 6.42 Å². The van der Waals surface area contributed by atoms with Crippen molar-refractivity contribution in [2.24, 2.45) is 0 Å². The average Bonchev–Trinajstić information content (AvgIpc) is 2.56. The number of hydrogen-bond donors (Lipinski definition) is 1. The third-order valence-corrected chi connectivity index (χ3v) is 3.93. The number of hydrogen-bond acceptors (Lipinski definition) is 1. The Morgan fingerprint density at radius 3 is 2.32 bits per heavy atom. The molecular formula is C20H28NO+. The number of fused-ring (bicyclic) bond motifs is 1. The number of benzene rings is 2. The predicted molar refractivity (Wildman–Crippen MR) is 94.4 cm³/mol. The van der Waals surface area contributed by atoms with E-state index in [-0.39, 0.29) is 7.43 Å². The number of aryl methyl sites for hydroxylation is 1. The first-order valence-corrected chi connectivity index (χ1v) is 7.63. The summed E-state index contributed by atoms with van der Waals surface area (Å²) in [5.74, 6) is 0.792. The van der Waals surface area contributed by atoms with Gasteiger partial charge in [0.25, 0.3) is 5.69 Å². The van der Waals surface area contributed by atoms with Gasteiger partial charge in [-0.05, 0) is 36.3 Å². The molecule has 118 valence electrons. The maximum atomic E-state index is 9.11. The second kappa shape index (κ2) is 9.04. The van der Waals surface area contributed by atoms with Crippen LogP contribution >= 0.6 is 0 Å². The van der Waals surface area contributed by atoms with Gasteiger partial charge in [-0.3, -0.25) is 5.21 Å². The zero-order valence-corrected chi connectivity index (χ0v) is 12.9. The average molecular weight is 298 g/mol. The minimum absolute atomic E-state index is 0. The van der Waals surface area contributed by atoms with Gasteiger partial charge < -0.3 is 0 Å². The van der Waals surface area contributed by atoms with Crippen LogP contribution in [0.2, 0.25) is 0 Å². The molecular weight excluding hydrogens is 270 g/mol. The van der Waals surface area contributed by atoms with E-state index < -0.39 is 0 Å². The molecule has 1 atom stereocenters. The van der Waals surface area contributed by atoms with E-state index in [0.717, 1.165) is 16.3 Å². The van der Waals surface area contributed by atoms with Gasteiger partial charge in [-0.2, -0.15) is 0 Å². The largest absolute Gasteiger partial charge is 0.285 e. The Labute approximate surface area is 134 Å². The summed E-state index contributed by atoms with van der Waals surface area (Å²) in [6.07, 6.45) is 5.63. The first-order valence-electron chi connectivity index (χ1n) is 7.63. The molecule has 0 spiro atoms. The molecule has 2 heteroatoms. The highest BCUT2D eigenvalue weighted by Gasteiger charge is 2.14. The Morgan fingerprint density at radius 1 is 1.05 bits per heavy atom. The van der Waals surface area contributed by atoms with Crippen LogP contribution in [0.15, 0.2) is 54.6 Å². The summed E-state index contributed by atoms with van der Waals surface area (Å²) in [7, 11) is 0. The second-order valence-electron chi connectivity index (χ2n) is 5.43. The summed E-state index contributed by atoms with van der Waals surface area (Å²) in [5.41, 5.74) is 3.94. The van der Waals surface area contributed by atoms with Crippen LogP contribution in [0.25, 0.3) is 0 Å². The van der Waals surface area contributed by atoms with Crippen molar-refractivity contribution in [3.8, 4) is 0 Å². The molecule has 0 amide bonds. The molecule has 3 rings (SSSR count). The highest BCUT2D eigenvalue weighted by atomic mass is 16.5. The van der Waals surface area contributed by atoms with Gasteiger partial charge in [-0.25, -0.2) is 0 Å². The molecule has 0 aromatic heterocycles. The van der Waals surface area contributed by atoms with E-state index in [0.29, 0.717) is 0 Å². The molecule has 1 aliphatic rings. The van der Waals surface area contributed by atoms with Gasteiger partial charge in [-0.1, -0.05) is 56.8 Å². The quantitative estimate of drug-likeness (QED) is 0.316. The van der Waals surface area contributed by atoms with Crippen molar-refractivity contribution >= 4 is 11.9 Å². The number of rotatable bonds is 1. The first kappa shape index (κ1) is 18.0. The summed E-state index contributed by atoms with van der Waals surface area (Å²) in [6, 6.07) is 18.2. The smallest absolute Gasteiger partial charge is 0.256 e. The molecule has 2 aromatic carbocycles. The van der Waals surface area contributed by atoms with Crippen LogP contribution in [0.4, 0.5) is 5.69 Å². The molecule has 0 radical (unpaired) electrons. The summed E-state index contributed by atoms with van der Waals surface area (Å²) < 4.78 is 1.08. The zero-order chi connectivity index (χ0) is 15.1. The Morgan fingerprint density at radius 2 is 1.68 bits per heavy atom. The lowest BCUT2D eigenvalue weighted by Crippen LogP contribution is -2.05. The molecule has 1 N–H and O–H groups in total. The fraction of sp³-hybridized carbons (Fsp3) is 0.350. The molecule has 0 saturated heterocycles. The monoisotopic (exact) mass is 298 g/mol. The molecule has 2 nitrogen and oxygen atoms in total. The summed E-state index contributed by atoms with van der Waals surface area (Å²) in [4.78, 5) is 0. The number of nitrogens with zero attached hydrogens (tertiary/aromatic N) is 1. The van der Waals surface area contributed by atoms with Gasteiger partial charge >= 0.3 is 0 Å². The first-order chi connectivity index (χ1) is 10.2. The molecule has 0 saturated carbocycles. The van der Waals surface area contributed by atoms with Gasteiger partial charge in [0, 0.05) is 23.8 Å². The Kier molecular flexibility index (Phi) is 7.38. The van der Waals surface area contributed by atoms with Crippen molar-refractivity contribution in [1.29, 1.82) is 0 Å². The van der Waals surface area contributed by atoms with Gasteiger partial charge in [0.2, 0.25) is 0 Å². The van der Waals surface area contributed by atoms with Crippen molar-refractivity contribution in [3.63, 3.8) is 0 Å². The van der Waals surface area contributed by atoms with Crippen molar-refractivity contribution in [2.75, 3.05) is 0 Å². The van der Waals surface area contributed by atoms with E-state index in [1.165, 1.54) is 19.3 Å². The fourth-order valence-electron chi connectivity index (χ4n) is 2.73. The third-order valence-electron chi connectivity index (χ3n) is 3.93. The Bertz CT molecular complexity index is 590. The van der Waals surface area contributed by atoms with E-state index in [2.05, 4.69) is 31.2 Å². The van der Waals surface area contributed by atoms with Gasteiger partial charge in [0.1, 0.15) is 0 Å². The molecule has 0 aliphatic heterocycles. The van der Waals surface area contributed by atoms with Gasteiger partial charge in [0.05, 0.1) is 0 Å². The van der Waals surface area contributed by atoms with Crippen LogP contribution < -0.4 is 0 Å². The molecule has 22 heavy (non-hydrogen) atoms. The SMILES string of the molecule is C.C/C=[N+](\O)c1ccccc1.CC1CCCc2ccccc21. The van der Waals surface area contributed by atoms with Crippen LogP contribution in [-0.4, -0.2) is 16.2 Å². The maximum Gasteiger partial charge on any atom is 0.256 e. The van der Waals surface area contributed by atoms with Gasteiger partial charge in [-0.15, -0.1) is 0 Å². The topological polar surface area (TPSA) is 23.2 Å². The Balaban J connectivity index is 0.000000212. The van der Waals surface area contributed by atoms with Crippen LogP contribution in [0.5, 0.6) is 0 Å². The lowest BCUT2D eigenvalue weighted by atomic mass is 9.84. The van der Waals surface area contributed by atoms with Crippen molar-refractivity contribution in [1.82, 2.24) is 0 Å². The predicted octanol–water partition coefficient (Wildman–Crippen LogP) is 5.57. The molecule has 0 fully saturated rings. The normalized spacial score (nSPS) is 16.6. The molecule has 2 aromatic rings. The van der Waals surface area contributed by atoms with Crippen molar-refractivity contribution in [3.05, 3.63) is 65.7 Å². The zero-order valence-electron chi connectivity index (χ0n) is 12.9. The summed E-state index contributed by atoms with van der Waals surface area (Å²) in [5, 5.41) is 9.11. The van der Waals surface area contributed by atoms with Crippen LogP contribution in [0.1, 0.15) is 51.2 Å². The highest BCUT2D eigenvalue weighted by molar-refractivity contribution is 5.49. The van der Waals surface area contributed by atoms with E-state index in [4.69, 9.17) is 5.21 Å². The molecule has 1 unspecified atom stereocenters. The molecule has 1 aliphatic carbocycles. The van der Waals surface area contributed by atoms with Crippen LogP contribution in [0.3, 0.4) is 0 Å². The minimum Gasteiger partial charge on any atom is -0.285 e. The van der Waals surface area contributed by atoms with Crippen LogP contribution in [0, 0.1) is 0 Å². The lowest BCUT2D eigenvalue weighted by Gasteiger charge is -2.21. The van der Waals surface area contributed by atoms with E-state index in [9.17, 15) is 0 Å². The van der Waals surface area contributed by atoms with Gasteiger partial charge in [0.15, 0.2) is 6.21 Å². The summed E-state index contributed by atoms with van der Waals surface area (Å²) in [6.45, 7) is 4.10. The Hall–Kier alpha value is -2.09. The molecule has 0 heterocycles. The number of para-hydroxylation sites is 1. The fourth-order valence-corrected chi connectivity index (χ4v) is 2.73. The standard InChI is InChI=1S/C11H14.C8H10NO.CH4/c1-9-5-4-7-10-6-2-3-8-11(9)10;1-2-9(10)8-6-4-3-5-7-8;/h2-3,6,8-9H,4-5,7H2,1H3;2-7,10H,1H3;1H4/q;+1;/b;9-2-;. The molecule has 0 bridgehead atoms.